The van der Waals surface area contributed by atoms with Gasteiger partial charge in [-0.05, 0) is 31.4 Å². The minimum atomic E-state index is 0.753. The van der Waals surface area contributed by atoms with Gasteiger partial charge < -0.3 is 5.32 Å². The van der Waals surface area contributed by atoms with Gasteiger partial charge in [0.05, 0.1) is 6.54 Å². The lowest BCUT2D eigenvalue weighted by Crippen LogP contribution is -2.03. The molecule has 0 spiro atoms. The number of para-hydroxylation sites is 1. The third-order valence-electron chi connectivity index (χ3n) is 2.72. The Kier molecular flexibility index (Phi) is 3.74. The second-order valence-electron chi connectivity index (χ2n) is 4.03. The third kappa shape index (κ3) is 2.82. The quantitative estimate of drug-likeness (QED) is 0.900. The van der Waals surface area contributed by atoms with E-state index < -0.39 is 0 Å². The first kappa shape index (κ1) is 12.0. The minimum Gasteiger partial charge on any atom is -0.378 e. The molecule has 0 saturated heterocycles. The van der Waals surface area contributed by atoms with Crippen molar-refractivity contribution < 1.29 is 0 Å². The molecule has 3 nitrogen and oxygen atoms in total. The molecule has 0 aliphatic carbocycles. The molecule has 1 aromatic carbocycles. The zero-order valence-corrected chi connectivity index (χ0v) is 11.3. The van der Waals surface area contributed by atoms with Gasteiger partial charge in [-0.3, -0.25) is 0 Å². The van der Waals surface area contributed by atoms with Crippen molar-refractivity contribution in [2.45, 2.75) is 33.7 Å². The van der Waals surface area contributed by atoms with Gasteiger partial charge in [0.25, 0.3) is 0 Å². The summed E-state index contributed by atoms with van der Waals surface area (Å²) in [6.45, 7) is 7.04. The number of hydrogen-bond donors (Lipinski definition) is 1. The monoisotopic (exact) mass is 247 g/mol. The minimum absolute atomic E-state index is 0.753. The Hall–Kier alpha value is -1.42. The zero-order chi connectivity index (χ0) is 12.3. The van der Waals surface area contributed by atoms with Crippen molar-refractivity contribution in [2.24, 2.45) is 0 Å². The van der Waals surface area contributed by atoms with Crippen LogP contribution >= 0.6 is 11.3 Å². The summed E-state index contributed by atoms with van der Waals surface area (Å²) in [6.07, 6.45) is 1.04. The van der Waals surface area contributed by atoms with E-state index in [0.29, 0.717) is 0 Å². The van der Waals surface area contributed by atoms with E-state index in [9.17, 15) is 0 Å². The molecule has 0 aliphatic rings. The van der Waals surface area contributed by atoms with Crippen molar-refractivity contribution in [2.75, 3.05) is 5.32 Å². The van der Waals surface area contributed by atoms with E-state index >= 15 is 0 Å². The van der Waals surface area contributed by atoms with Gasteiger partial charge in [0, 0.05) is 5.69 Å². The predicted octanol–water partition coefficient (Wildman–Crippen LogP) is 3.33. The molecule has 90 valence electrons. The number of aryl methyl sites for hydroxylation is 3. The number of nitrogens with zero attached hydrogens (tertiary/aromatic N) is 2. The Labute approximate surface area is 106 Å². The van der Waals surface area contributed by atoms with Crippen LogP contribution in [-0.2, 0) is 13.0 Å². The molecular formula is C13H17N3S. The van der Waals surface area contributed by atoms with E-state index in [4.69, 9.17) is 0 Å². The average Bonchev–Trinajstić information content (AvgIpc) is 2.73. The maximum absolute atomic E-state index is 4.12. The van der Waals surface area contributed by atoms with Crippen molar-refractivity contribution in [1.29, 1.82) is 0 Å². The maximum atomic E-state index is 4.12. The van der Waals surface area contributed by atoms with E-state index in [1.54, 1.807) is 11.3 Å². The first-order chi connectivity index (χ1) is 8.20. The lowest BCUT2D eigenvalue weighted by molar-refractivity contribution is 0.966. The molecule has 0 amide bonds. The van der Waals surface area contributed by atoms with E-state index in [1.807, 2.05) is 6.92 Å². The molecule has 1 aromatic heterocycles. The van der Waals surface area contributed by atoms with E-state index in [1.165, 1.54) is 16.8 Å². The molecule has 0 fully saturated rings. The standard InChI is InChI=1S/C13H17N3S/c1-4-11-7-5-6-9(2)13(11)14-8-12-16-15-10(3)17-12/h5-7,14H,4,8H2,1-3H3. The summed E-state index contributed by atoms with van der Waals surface area (Å²) < 4.78 is 0. The van der Waals surface area contributed by atoms with Gasteiger partial charge >= 0.3 is 0 Å². The number of aromatic nitrogens is 2. The highest BCUT2D eigenvalue weighted by atomic mass is 32.1. The van der Waals surface area contributed by atoms with Crippen molar-refractivity contribution in [3.8, 4) is 0 Å². The van der Waals surface area contributed by atoms with Crippen LogP contribution in [0.5, 0.6) is 0 Å². The first-order valence-corrected chi connectivity index (χ1v) is 6.63. The molecule has 0 atom stereocenters. The van der Waals surface area contributed by atoms with Crippen LogP contribution in [0.2, 0.25) is 0 Å². The van der Waals surface area contributed by atoms with Gasteiger partial charge in [-0.1, -0.05) is 36.5 Å². The largest absolute Gasteiger partial charge is 0.378 e. The molecule has 1 heterocycles. The average molecular weight is 247 g/mol. The number of anilines is 1. The fraction of sp³-hybridized carbons (Fsp3) is 0.385. The van der Waals surface area contributed by atoms with Gasteiger partial charge in [-0.25, -0.2) is 0 Å². The van der Waals surface area contributed by atoms with Crippen LogP contribution in [0.4, 0.5) is 5.69 Å². The van der Waals surface area contributed by atoms with E-state index in [-0.39, 0.29) is 0 Å². The molecule has 0 radical (unpaired) electrons. The molecule has 0 bridgehead atoms. The number of hydrogen-bond acceptors (Lipinski definition) is 4. The smallest absolute Gasteiger partial charge is 0.136 e. The van der Waals surface area contributed by atoms with Gasteiger partial charge in [0.1, 0.15) is 10.0 Å². The summed E-state index contributed by atoms with van der Waals surface area (Å²) in [6, 6.07) is 6.40. The molecule has 4 heteroatoms. The Morgan fingerprint density at radius 2 is 2.06 bits per heavy atom. The Bertz CT molecular complexity index is 505. The molecule has 2 aromatic rings. The SMILES string of the molecule is CCc1cccc(C)c1NCc1nnc(C)s1. The normalized spacial score (nSPS) is 10.5. The summed E-state index contributed by atoms with van der Waals surface area (Å²) in [5.74, 6) is 0. The van der Waals surface area contributed by atoms with Gasteiger partial charge in [0.2, 0.25) is 0 Å². The molecule has 0 saturated carbocycles. The molecule has 0 unspecified atom stereocenters. The Morgan fingerprint density at radius 1 is 1.24 bits per heavy atom. The van der Waals surface area contributed by atoms with Crippen LogP contribution in [0.25, 0.3) is 0 Å². The summed E-state index contributed by atoms with van der Waals surface area (Å²) in [4.78, 5) is 0. The van der Waals surface area contributed by atoms with Gasteiger partial charge in [-0.2, -0.15) is 0 Å². The van der Waals surface area contributed by atoms with Crippen LogP contribution in [0.1, 0.15) is 28.1 Å². The Balaban J connectivity index is 2.13. The van der Waals surface area contributed by atoms with Crippen LogP contribution in [0.15, 0.2) is 18.2 Å². The number of nitrogens with one attached hydrogen (secondary N) is 1. The third-order valence-corrected chi connectivity index (χ3v) is 3.56. The lowest BCUT2D eigenvalue weighted by Gasteiger charge is -2.12. The predicted molar refractivity (Wildman–Crippen MR) is 72.5 cm³/mol. The summed E-state index contributed by atoms with van der Waals surface area (Å²) in [5.41, 5.74) is 3.87. The Morgan fingerprint density at radius 3 is 2.71 bits per heavy atom. The zero-order valence-electron chi connectivity index (χ0n) is 10.4. The van der Waals surface area contributed by atoms with Crippen molar-refractivity contribution in [3.63, 3.8) is 0 Å². The van der Waals surface area contributed by atoms with E-state index in [2.05, 4.69) is 47.6 Å². The van der Waals surface area contributed by atoms with Crippen molar-refractivity contribution in [1.82, 2.24) is 10.2 Å². The van der Waals surface area contributed by atoms with E-state index in [0.717, 1.165) is 23.0 Å². The second-order valence-corrected chi connectivity index (χ2v) is 5.30. The topological polar surface area (TPSA) is 37.8 Å². The molecule has 17 heavy (non-hydrogen) atoms. The number of benzene rings is 1. The molecule has 0 aliphatic heterocycles. The highest BCUT2D eigenvalue weighted by Crippen LogP contribution is 2.22. The fourth-order valence-corrected chi connectivity index (χ4v) is 2.50. The molecular weight excluding hydrogens is 230 g/mol. The highest BCUT2D eigenvalue weighted by molar-refractivity contribution is 7.11. The van der Waals surface area contributed by atoms with Gasteiger partial charge in [0.15, 0.2) is 0 Å². The number of rotatable bonds is 4. The summed E-state index contributed by atoms with van der Waals surface area (Å²) in [7, 11) is 0. The van der Waals surface area contributed by atoms with Crippen LogP contribution in [0, 0.1) is 13.8 Å². The molecule has 2 rings (SSSR count). The second kappa shape index (κ2) is 5.27. The van der Waals surface area contributed by atoms with Crippen LogP contribution in [0.3, 0.4) is 0 Å². The van der Waals surface area contributed by atoms with Gasteiger partial charge in [-0.15, -0.1) is 10.2 Å². The van der Waals surface area contributed by atoms with Crippen molar-refractivity contribution in [3.05, 3.63) is 39.3 Å². The van der Waals surface area contributed by atoms with Crippen LogP contribution in [-0.4, -0.2) is 10.2 Å². The van der Waals surface area contributed by atoms with Crippen molar-refractivity contribution >= 4 is 17.0 Å². The first-order valence-electron chi connectivity index (χ1n) is 5.82. The molecule has 1 N–H and O–H groups in total. The lowest BCUT2D eigenvalue weighted by atomic mass is 10.1. The fourth-order valence-electron chi connectivity index (χ4n) is 1.85. The summed E-state index contributed by atoms with van der Waals surface area (Å²) in [5, 5.41) is 13.7. The maximum Gasteiger partial charge on any atom is 0.136 e. The summed E-state index contributed by atoms with van der Waals surface area (Å²) >= 11 is 1.64. The highest BCUT2D eigenvalue weighted by Gasteiger charge is 2.05. The van der Waals surface area contributed by atoms with Crippen LogP contribution < -0.4 is 5.32 Å².